The zero-order valence-corrected chi connectivity index (χ0v) is 15.9. The van der Waals surface area contributed by atoms with E-state index in [1.807, 2.05) is 29.7 Å². The number of hydrogen-bond acceptors (Lipinski definition) is 4. The molecular weight excluding hydrogens is 375 g/mol. The highest BCUT2D eigenvalue weighted by atomic mass is 32.1. The summed E-state index contributed by atoms with van der Waals surface area (Å²) in [6.07, 6.45) is 8.54. The monoisotopic (exact) mass is 392 g/mol. The summed E-state index contributed by atoms with van der Waals surface area (Å²) in [7, 11) is 0. The predicted octanol–water partition coefficient (Wildman–Crippen LogP) is 4.23. The molecule has 0 spiro atoms. The number of rotatable bonds is 5. The quantitative estimate of drug-likeness (QED) is 0.517. The molecule has 1 aromatic carbocycles. The summed E-state index contributed by atoms with van der Waals surface area (Å²) in [5, 5.41) is 2.89. The van der Waals surface area contributed by atoms with Gasteiger partial charge >= 0.3 is 0 Å². The van der Waals surface area contributed by atoms with Gasteiger partial charge in [0.15, 0.2) is 4.96 Å². The van der Waals surface area contributed by atoms with Crippen LogP contribution in [0.2, 0.25) is 0 Å². The van der Waals surface area contributed by atoms with Crippen LogP contribution in [0.15, 0.2) is 61.1 Å². The zero-order valence-electron chi connectivity index (χ0n) is 15.1. The Hall–Kier alpha value is -3.32. The van der Waals surface area contributed by atoms with Gasteiger partial charge in [0.05, 0.1) is 12.2 Å². The molecule has 1 N–H and O–H groups in total. The number of amides is 1. The van der Waals surface area contributed by atoms with Crippen molar-refractivity contribution in [2.75, 3.05) is 0 Å². The third kappa shape index (κ3) is 3.84. The number of carbonyl (C=O) groups excluding carboxylic acids is 1. The largest absolute Gasteiger partial charge is 0.348 e. The van der Waals surface area contributed by atoms with E-state index in [0.717, 1.165) is 32.4 Å². The standard InChI is InChI=1S/C21H17FN4OS/c1-14-19(12-24-20(27)9-4-15-3-2-10-23-11-15)28-21-25-18(13-26(14)21)16-5-7-17(22)8-6-16/h2-11,13H,12H2,1H3,(H,24,27)/b9-4+. The van der Waals surface area contributed by atoms with Crippen molar-refractivity contribution in [3.05, 3.63) is 83.0 Å². The first-order valence-corrected chi connectivity index (χ1v) is 9.51. The van der Waals surface area contributed by atoms with E-state index in [1.54, 1.807) is 30.6 Å². The molecule has 0 aliphatic heterocycles. The van der Waals surface area contributed by atoms with Gasteiger partial charge in [-0.1, -0.05) is 17.4 Å². The fraction of sp³-hybridized carbons (Fsp3) is 0.0952. The predicted molar refractivity (Wildman–Crippen MR) is 108 cm³/mol. The molecule has 140 valence electrons. The van der Waals surface area contributed by atoms with E-state index in [4.69, 9.17) is 0 Å². The van der Waals surface area contributed by atoms with Crippen molar-refractivity contribution < 1.29 is 9.18 Å². The minimum atomic E-state index is -0.267. The number of hydrogen-bond donors (Lipinski definition) is 1. The van der Waals surface area contributed by atoms with Gasteiger partial charge in [0, 0.05) is 40.8 Å². The van der Waals surface area contributed by atoms with E-state index < -0.39 is 0 Å². The number of pyridine rings is 1. The Balaban J connectivity index is 1.45. The van der Waals surface area contributed by atoms with Crippen LogP contribution in [0.4, 0.5) is 4.39 Å². The number of imidazole rings is 1. The van der Waals surface area contributed by atoms with Gasteiger partial charge in [-0.15, -0.1) is 0 Å². The second-order valence-corrected chi connectivity index (χ2v) is 7.30. The first kappa shape index (κ1) is 18.1. The fourth-order valence-electron chi connectivity index (χ4n) is 2.79. The van der Waals surface area contributed by atoms with Crippen molar-refractivity contribution in [1.82, 2.24) is 19.7 Å². The first-order valence-electron chi connectivity index (χ1n) is 8.69. The number of nitrogens with one attached hydrogen (secondary N) is 1. The molecule has 0 saturated heterocycles. The molecule has 0 atom stereocenters. The zero-order chi connectivity index (χ0) is 19.5. The number of fused-ring (bicyclic) bond motifs is 1. The van der Waals surface area contributed by atoms with Gasteiger partial charge in [-0.05, 0) is 48.9 Å². The van der Waals surface area contributed by atoms with Gasteiger partial charge in [-0.2, -0.15) is 0 Å². The molecule has 0 saturated carbocycles. The summed E-state index contributed by atoms with van der Waals surface area (Å²) < 4.78 is 15.1. The van der Waals surface area contributed by atoms with Crippen LogP contribution in [0, 0.1) is 12.7 Å². The Morgan fingerprint density at radius 2 is 2.11 bits per heavy atom. The molecule has 3 heterocycles. The smallest absolute Gasteiger partial charge is 0.244 e. The molecule has 3 aromatic heterocycles. The lowest BCUT2D eigenvalue weighted by molar-refractivity contribution is -0.116. The SMILES string of the molecule is Cc1c(CNC(=O)/C=C/c2cccnc2)sc2nc(-c3ccc(F)cc3)cn12. The highest BCUT2D eigenvalue weighted by molar-refractivity contribution is 7.17. The molecule has 0 radical (unpaired) electrons. The summed E-state index contributed by atoms with van der Waals surface area (Å²) in [5.74, 6) is -0.433. The molecule has 7 heteroatoms. The molecule has 4 rings (SSSR count). The molecule has 0 unspecified atom stereocenters. The van der Waals surface area contributed by atoms with E-state index in [-0.39, 0.29) is 11.7 Å². The maximum atomic E-state index is 13.1. The van der Waals surface area contributed by atoms with Gasteiger partial charge in [0.2, 0.25) is 5.91 Å². The Bertz CT molecular complexity index is 1150. The van der Waals surface area contributed by atoms with Crippen molar-refractivity contribution in [3.63, 3.8) is 0 Å². The van der Waals surface area contributed by atoms with Gasteiger partial charge in [0.1, 0.15) is 5.82 Å². The second-order valence-electron chi connectivity index (χ2n) is 6.23. The third-order valence-electron chi connectivity index (χ3n) is 4.33. The van der Waals surface area contributed by atoms with E-state index in [1.165, 1.54) is 29.5 Å². The molecule has 1 amide bonds. The number of aromatic nitrogens is 3. The van der Waals surface area contributed by atoms with Crippen LogP contribution in [0.3, 0.4) is 0 Å². The highest BCUT2D eigenvalue weighted by Crippen LogP contribution is 2.27. The summed E-state index contributed by atoms with van der Waals surface area (Å²) in [6, 6.07) is 9.99. The van der Waals surface area contributed by atoms with Crippen LogP contribution in [0.25, 0.3) is 22.3 Å². The lowest BCUT2D eigenvalue weighted by Crippen LogP contribution is -2.20. The molecular formula is C21H17FN4OS. The van der Waals surface area contributed by atoms with Crippen LogP contribution < -0.4 is 5.32 Å². The molecule has 0 fully saturated rings. The Kier molecular flexibility index (Phi) is 4.99. The number of thiazole rings is 1. The summed E-state index contributed by atoms with van der Waals surface area (Å²) >= 11 is 1.53. The highest BCUT2D eigenvalue weighted by Gasteiger charge is 2.13. The molecule has 0 aliphatic carbocycles. The number of carbonyl (C=O) groups is 1. The number of aryl methyl sites for hydroxylation is 1. The van der Waals surface area contributed by atoms with Crippen LogP contribution in [0.1, 0.15) is 16.1 Å². The normalized spacial score (nSPS) is 11.4. The first-order chi connectivity index (χ1) is 13.6. The molecule has 0 bridgehead atoms. The van der Waals surface area contributed by atoms with Gasteiger partial charge in [-0.25, -0.2) is 9.37 Å². The maximum absolute atomic E-state index is 13.1. The molecule has 0 aliphatic rings. The minimum absolute atomic E-state index is 0.165. The number of halogens is 1. The van der Waals surface area contributed by atoms with Crippen molar-refractivity contribution in [1.29, 1.82) is 0 Å². The third-order valence-corrected chi connectivity index (χ3v) is 5.48. The van der Waals surface area contributed by atoms with Crippen molar-refractivity contribution >= 4 is 28.3 Å². The number of nitrogens with zero attached hydrogens (tertiary/aromatic N) is 3. The number of benzene rings is 1. The van der Waals surface area contributed by atoms with E-state index in [2.05, 4.69) is 15.3 Å². The van der Waals surface area contributed by atoms with Crippen molar-refractivity contribution in [3.8, 4) is 11.3 Å². The van der Waals surface area contributed by atoms with Gasteiger partial charge in [-0.3, -0.25) is 14.2 Å². The summed E-state index contributed by atoms with van der Waals surface area (Å²) in [4.78, 5) is 22.6. The molecule has 4 aromatic rings. The second kappa shape index (κ2) is 7.74. The summed E-state index contributed by atoms with van der Waals surface area (Å²) in [6.45, 7) is 2.43. The van der Waals surface area contributed by atoms with E-state index in [0.29, 0.717) is 6.54 Å². The average Bonchev–Trinajstić information content (AvgIpc) is 3.25. The lowest BCUT2D eigenvalue weighted by Gasteiger charge is -2.01. The Morgan fingerprint density at radius 3 is 2.82 bits per heavy atom. The fourth-order valence-corrected chi connectivity index (χ4v) is 3.83. The molecule has 28 heavy (non-hydrogen) atoms. The molecule has 5 nitrogen and oxygen atoms in total. The maximum Gasteiger partial charge on any atom is 0.244 e. The van der Waals surface area contributed by atoms with Crippen LogP contribution in [-0.4, -0.2) is 20.3 Å². The Morgan fingerprint density at radius 1 is 1.29 bits per heavy atom. The minimum Gasteiger partial charge on any atom is -0.348 e. The van der Waals surface area contributed by atoms with Gasteiger partial charge in [0.25, 0.3) is 0 Å². The lowest BCUT2D eigenvalue weighted by atomic mass is 10.2. The van der Waals surface area contributed by atoms with Crippen LogP contribution in [-0.2, 0) is 11.3 Å². The van der Waals surface area contributed by atoms with Crippen molar-refractivity contribution in [2.24, 2.45) is 0 Å². The van der Waals surface area contributed by atoms with Crippen molar-refractivity contribution in [2.45, 2.75) is 13.5 Å². The summed E-state index contributed by atoms with van der Waals surface area (Å²) in [5.41, 5.74) is 3.56. The average molecular weight is 392 g/mol. The van der Waals surface area contributed by atoms with Crippen LogP contribution >= 0.6 is 11.3 Å². The van der Waals surface area contributed by atoms with E-state index in [9.17, 15) is 9.18 Å². The Labute approximate surface area is 165 Å². The van der Waals surface area contributed by atoms with E-state index >= 15 is 0 Å². The van der Waals surface area contributed by atoms with Crippen LogP contribution in [0.5, 0.6) is 0 Å². The van der Waals surface area contributed by atoms with Gasteiger partial charge < -0.3 is 5.32 Å². The topological polar surface area (TPSA) is 59.3 Å².